The summed E-state index contributed by atoms with van der Waals surface area (Å²) in [5.41, 5.74) is 11.6. The first kappa shape index (κ1) is 12.5. The molecule has 2 amide bonds. The Labute approximate surface area is 101 Å². The highest BCUT2D eigenvalue weighted by Crippen LogP contribution is 2.20. The Morgan fingerprint density at radius 3 is 2.62 bits per heavy atom. The van der Waals surface area contributed by atoms with Crippen molar-refractivity contribution in [1.29, 1.82) is 0 Å². The third-order valence-electron chi connectivity index (χ3n) is 1.92. The molecule has 0 aliphatic rings. The van der Waals surface area contributed by atoms with Crippen LogP contribution in [0, 0.1) is 0 Å². The molecule has 0 atom stereocenters. The van der Waals surface area contributed by atoms with Crippen LogP contribution in [-0.2, 0) is 4.79 Å². The van der Waals surface area contributed by atoms with Crippen molar-refractivity contribution >= 4 is 33.4 Å². The number of halogens is 1. The lowest BCUT2D eigenvalue weighted by Gasteiger charge is -2.05. The van der Waals surface area contributed by atoms with Gasteiger partial charge >= 0.3 is 0 Å². The van der Waals surface area contributed by atoms with E-state index < -0.39 is 5.91 Å². The number of anilines is 1. The van der Waals surface area contributed by atoms with E-state index in [2.05, 4.69) is 21.2 Å². The zero-order chi connectivity index (χ0) is 12.1. The van der Waals surface area contributed by atoms with Crippen molar-refractivity contribution in [1.82, 2.24) is 5.32 Å². The Bertz CT molecular complexity index is 421. The van der Waals surface area contributed by atoms with Crippen LogP contribution in [0.3, 0.4) is 0 Å². The zero-order valence-electron chi connectivity index (χ0n) is 8.50. The van der Waals surface area contributed by atoms with Crippen molar-refractivity contribution in [3.63, 3.8) is 0 Å². The molecule has 0 bridgehead atoms. The molecule has 0 unspecified atom stereocenters. The number of benzene rings is 1. The minimum Gasteiger partial charge on any atom is -0.398 e. The van der Waals surface area contributed by atoms with Crippen molar-refractivity contribution in [2.45, 2.75) is 6.42 Å². The van der Waals surface area contributed by atoms with Crippen LogP contribution in [0.1, 0.15) is 16.8 Å². The summed E-state index contributed by atoms with van der Waals surface area (Å²) in [6.45, 7) is 0.232. The van der Waals surface area contributed by atoms with Crippen molar-refractivity contribution < 1.29 is 9.59 Å². The first-order chi connectivity index (χ1) is 7.50. The normalized spacial score (nSPS) is 9.81. The van der Waals surface area contributed by atoms with Crippen molar-refractivity contribution in [3.8, 4) is 0 Å². The molecule has 0 saturated heterocycles. The Hall–Kier alpha value is -1.56. The Kier molecular flexibility index (Phi) is 4.30. The van der Waals surface area contributed by atoms with Crippen molar-refractivity contribution in [2.75, 3.05) is 12.3 Å². The van der Waals surface area contributed by atoms with E-state index in [1.165, 1.54) is 0 Å². The maximum Gasteiger partial charge on any atom is 0.251 e. The van der Waals surface area contributed by atoms with Crippen LogP contribution in [-0.4, -0.2) is 18.4 Å². The molecule has 0 aromatic heterocycles. The molecule has 0 heterocycles. The number of nitrogen functional groups attached to an aromatic ring is 1. The fourth-order valence-electron chi connectivity index (χ4n) is 1.07. The fourth-order valence-corrected chi connectivity index (χ4v) is 1.45. The second-order valence-electron chi connectivity index (χ2n) is 3.21. The molecule has 0 spiro atoms. The van der Waals surface area contributed by atoms with Gasteiger partial charge < -0.3 is 16.8 Å². The summed E-state index contributed by atoms with van der Waals surface area (Å²) in [5.74, 6) is -0.708. The second kappa shape index (κ2) is 5.50. The fraction of sp³-hybridized carbons (Fsp3) is 0.200. The molecular formula is C10H12BrN3O2. The van der Waals surface area contributed by atoms with Gasteiger partial charge in [0.25, 0.3) is 5.91 Å². The second-order valence-corrected chi connectivity index (χ2v) is 4.06. The molecule has 0 saturated carbocycles. The van der Waals surface area contributed by atoms with Gasteiger partial charge in [0.15, 0.2) is 0 Å². The molecule has 86 valence electrons. The van der Waals surface area contributed by atoms with E-state index in [-0.39, 0.29) is 18.9 Å². The summed E-state index contributed by atoms with van der Waals surface area (Å²) >= 11 is 3.23. The first-order valence-electron chi connectivity index (χ1n) is 4.62. The largest absolute Gasteiger partial charge is 0.398 e. The lowest BCUT2D eigenvalue weighted by atomic mass is 10.2. The summed E-state index contributed by atoms with van der Waals surface area (Å²) in [4.78, 5) is 22.0. The van der Waals surface area contributed by atoms with Gasteiger partial charge in [-0.2, -0.15) is 0 Å². The Morgan fingerprint density at radius 1 is 1.38 bits per heavy atom. The number of rotatable bonds is 4. The summed E-state index contributed by atoms with van der Waals surface area (Å²) in [6, 6.07) is 4.86. The van der Waals surface area contributed by atoms with Crippen LogP contribution < -0.4 is 16.8 Å². The van der Waals surface area contributed by atoms with E-state index in [1.54, 1.807) is 18.2 Å². The number of nitrogens with one attached hydrogen (secondary N) is 1. The third-order valence-corrected chi connectivity index (χ3v) is 2.61. The molecule has 5 N–H and O–H groups in total. The molecule has 5 nitrogen and oxygen atoms in total. The zero-order valence-corrected chi connectivity index (χ0v) is 10.1. The van der Waals surface area contributed by atoms with E-state index in [9.17, 15) is 9.59 Å². The van der Waals surface area contributed by atoms with Gasteiger partial charge in [-0.1, -0.05) is 0 Å². The summed E-state index contributed by atoms with van der Waals surface area (Å²) in [7, 11) is 0. The smallest absolute Gasteiger partial charge is 0.251 e. The quantitative estimate of drug-likeness (QED) is 0.708. The van der Waals surface area contributed by atoms with Gasteiger partial charge in [-0.15, -0.1) is 0 Å². The van der Waals surface area contributed by atoms with E-state index in [4.69, 9.17) is 11.5 Å². The molecule has 1 aromatic rings. The molecular weight excluding hydrogens is 274 g/mol. The van der Waals surface area contributed by atoms with E-state index in [0.717, 1.165) is 0 Å². The van der Waals surface area contributed by atoms with Crippen LogP contribution in [0.25, 0.3) is 0 Å². The highest BCUT2D eigenvalue weighted by molar-refractivity contribution is 9.10. The molecule has 0 radical (unpaired) electrons. The number of hydrogen-bond donors (Lipinski definition) is 3. The number of primary amides is 1. The molecule has 16 heavy (non-hydrogen) atoms. The van der Waals surface area contributed by atoms with Crippen molar-refractivity contribution in [3.05, 3.63) is 28.2 Å². The summed E-state index contributed by atoms with van der Waals surface area (Å²) in [6.07, 6.45) is 0.127. The van der Waals surface area contributed by atoms with E-state index in [1.807, 2.05) is 0 Å². The van der Waals surface area contributed by atoms with E-state index in [0.29, 0.717) is 15.7 Å². The SMILES string of the molecule is NC(=O)CCNC(=O)c1ccc(N)c(Br)c1. The molecule has 1 aromatic carbocycles. The van der Waals surface area contributed by atoms with Gasteiger partial charge in [-0.3, -0.25) is 9.59 Å². The van der Waals surface area contributed by atoms with Crippen LogP contribution in [0.4, 0.5) is 5.69 Å². The number of amides is 2. The minimum atomic E-state index is -0.446. The maximum atomic E-state index is 11.6. The van der Waals surface area contributed by atoms with Gasteiger partial charge in [0, 0.05) is 28.7 Å². The van der Waals surface area contributed by atoms with E-state index >= 15 is 0 Å². The minimum absolute atomic E-state index is 0.127. The maximum absolute atomic E-state index is 11.6. The average Bonchev–Trinajstić information content (AvgIpc) is 2.21. The Balaban J connectivity index is 2.59. The summed E-state index contributed by atoms with van der Waals surface area (Å²) in [5, 5.41) is 2.58. The molecule has 0 aliphatic carbocycles. The van der Waals surface area contributed by atoms with Crippen LogP contribution in [0.15, 0.2) is 22.7 Å². The van der Waals surface area contributed by atoms with Gasteiger partial charge in [0.05, 0.1) is 0 Å². The number of carbonyl (C=O) groups is 2. The first-order valence-corrected chi connectivity index (χ1v) is 5.41. The van der Waals surface area contributed by atoms with Crippen LogP contribution in [0.5, 0.6) is 0 Å². The number of nitrogens with two attached hydrogens (primary N) is 2. The molecule has 6 heteroatoms. The van der Waals surface area contributed by atoms with Crippen LogP contribution in [0.2, 0.25) is 0 Å². The van der Waals surface area contributed by atoms with Gasteiger partial charge in [0.2, 0.25) is 5.91 Å². The van der Waals surface area contributed by atoms with Crippen molar-refractivity contribution in [2.24, 2.45) is 5.73 Å². The predicted octanol–water partition coefficient (Wildman–Crippen LogP) is 0.636. The topological polar surface area (TPSA) is 98.2 Å². The van der Waals surface area contributed by atoms with Gasteiger partial charge in [-0.25, -0.2) is 0 Å². The lowest BCUT2D eigenvalue weighted by Crippen LogP contribution is -2.27. The molecule has 0 aliphatic heterocycles. The Morgan fingerprint density at radius 2 is 2.06 bits per heavy atom. The highest BCUT2D eigenvalue weighted by Gasteiger charge is 2.07. The number of carbonyl (C=O) groups excluding carboxylic acids is 2. The highest BCUT2D eigenvalue weighted by atomic mass is 79.9. The van der Waals surface area contributed by atoms with Gasteiger partial charge in [0.1, 0.15) is 0 Å². The number of hydrogen-bond acceptors (Lipinski definition) is 3. The third kappa shape index (κ3) is 3.54. The summed E-state index contributed by atoms with van der Waals surface area (Å²) < 4.78 is 0.662. The standard InChI is InChI=1S/C10H12BrN3O2/c11-7-5-6(1-2-8(7)12)10(16)14-4-3-9(13)15/h1-2,5H,3-4,12H2,(H2,13,15)(H,14,16). The monoisotopic (exact) mass is 285 g/mol. The average molecular weight is 286 g/mol. The molecule has 1 rings (SSSR count). The van der Waals surface area contributed by atoms with Crippen LogP contribution >= 0.6 is 15.9 Å². The van der Waals surface area contributed by atoms with Gasteiger partial charge in [-0.05, 0) is 34.1 Å². The predicted molar refractivity (Wildman–Crippen MR) is 64.7 cm³/mol. The molecule has 0 fully saturated rings. The lowest BCUT2D eigenvalue weighted by molar-refractivity contribution is -0.117.